The van der Waals surface area contributed by atoms with E-state index >= 15 is 0 Å². The number of pyridine rings is 1. The fourth-order valence-electron chi connectivity index (χ4n) is 1.96. The molecular formula is C14H10Br2N4O. The number of aryl methyl sites for hydroxylation is 1. The highest BCUT2D eigenvalue weighted by Gasteiger charge is 2.17. The van der Waals surface area contributed by atoms with Gasteiger partial charge in [-0.1, -0.05) is 22.0 Å². The highest BCUT2D eigenvalue weighted by atomic mass is 79.9. The minimum Gasteiger partial charge on any atom is -0.506 e. The van der Waals surface area contributed by atoms with Gasteiger partial charge in [-0.3, -0.25) is 4.98 Å². The molecule has 0 radical (unpaired) electrons. The molecule has 0 saturated heterocycles. The Kier molecular flexibility index (Phi) is 3.77. The van der Waals surface area contributed by atoms with Crippen LogP contribution in [-0.4, -0.2) is 24.9 Å². The molecule has 0 saturated carbocycles. The summed E-state index contributed by atoms with van der Waals surface area (Å²) in [7, 11) is 1.78. The Morgan fingerprint density at radius 1 is 1.19 bits per heavy atom. The lowest BCUT2D eigenvalue weighted by Crippen LogP contribution is -1.95. The molecule has 0 unspecified atom stereocenters. The van der Waals surface area contributed by atoms with Crippen LogP contribution < -0.4 is 0 Å². The Morgan fingerprint density at radius 3 is 2.71 bits per heavy atom. The summed E-state index contributed by atoms with van der Waals surface area (Å²) in [5, 5.41) is 14.6. The van der Waals surface area contributed by atoms with Crippen LogP contribution in [0.15, 0.2) is 45.5 Å². The predicted octanol–water partition coefficient (Wildman–Crippen LogP) is 3.77. The lowest BCUT2D eigenvalue weighted by molar-refractivity contribution is 0.473. The van der Waals surface area contributed by atoms with Gasteiger partial charge in [0, 0.05) is 17.7 Å². The van der Waals surface area contributed by atoms with Crippen molar-refractivity contribution in [2.24, 2.45) is 7.05 Å². The number of aromatic hydroxyl groups is 1. The molecule has 0 aliphatic rings. The third kappa shape index (κ3) is 2.71. The van der Waals surface area contributed by atoms with Gasteiger partial charge in [-0.05, 0) is 40.2 Å². The first-order chi connectivity index (χ1) is 10.1. The Morgan fingerprint density at radius 2 is 2.00 bits per heavy atom. The average Bonchev–Trinajstić information content (AvgIpc) is 2.86. The molecule has 3 rings (SSSR count). The first kappa shape index (κ1) is 14.2. The van der Waals surface area contributed by atoms with E-state index in [1.807, 2.05) is 18.2 Å². The number of hydrogen-bond acceptors (Lipinski definition) is 4. The molecule has 0 fully saturated rings. The van der Waals surface area contributed by atoms with Gasteiger partial charge in [-0.25, -0.2) is 9.67 Å². The van der Waals surface area contributed by atoms with E-state index in [1.54, 1.807) is 30.1 Å². The number of aromatic nitrogens is 4. The van der Waals surface area contributed by atoms with Crippen LogP contribution in [0.4, 0.5) is 0 Å². The van der Waals surface area contributed by atoms with Crippen molar-refractivity contribution in [1.82, 2.24) is 19.7 Å². The minimum absolute atomic E-state index is 0.126. The van der Waals surface area contributed by atoms with Crippen LogP contribution in [0.2, 0.25) is 0 Å². The summed E-state index contributed by atoms with van der Waals surface area (Å²) < 4.78 is 3.05. The second-order valence-corrected chi connectivity index (χ2v) is 6.15. The van der Waals surface area contributed by atoms with Crippen molar-refractivity contribution < 1.29 is 5.11 Å². The molecule has 21 heavy (non-hydrogen) atoms. The molecule has 106 valence electrons. The number of halogens is 2. The van der Waals surface area contributed by atoms with Crippen molar-refractivity contribution in [2.45, 2.75) is 0 Å². The predicted molar refractivity (Wildman–Crippen MR) is 86.7 cm³/mol. The smallest absolute Gasteiger partial charge is 0.200 e. The van der Waals surface area contributed by atoms with Gasteiger partial charge < -0.3 is 5.11 Å². The zero-order chi connectivity index (χ0) is 15.0. The fraction of sp³-hybridized carbons (Fsp3) is 0.0714. The fourth-order valence-corrected chi connectivity index (χ4v) is 3.18. The maximum Gasteiger partial charge on any atom is 0.200 e. The molecule has 7 heteroatoms. The lowest BCUT2D eigenvalue weighted by Gasteiger charge is -2.06. The summed E-state index contributed by atoms with van der Waals surface area (Å²) in [6.07, 6.45) is 1.69. The van der Waals surface area contributed by atoms with Crippen LogP contribution in [0, 0.1) is 0 Å². The van der Waals surface area contributed by atoms with E-state index in [0.717, 1.165) is 4.47 Å². The lowest BCUT2D eigenvalue weighted by atomic mass is 10.2. The van der Waals surface area contributed by atoms with Gasteiger partial charge in [0.1, 0.15) is 11.4 Å². The topological polar surface area (TPSA) is 63.8 Å². The molecule has 3 aromatic rings. The number of benzene rings is 1. The molecule has 2 aromatic heterocycles. The zero-order valence-corrected chi connectivity index (χ0v) is 14.1. The second-order valence-electron chi connectivity index (χ2n) is 4.38. The van der Waals surface area contributed by atoms with Gasteiger partial charge in [0.2, 0.25) is 0 Å². The minimum atomic E-state index is 0.126. The third-order valence-electron chi connectivity index (χ3n) is 2.93. The van der Waals surface area contributed by atoms with E-state index < -0.39 is 0 Å². The van der Waals surface area contributed by atoms with Crippen LogP contribution in [0.25, 0.3) is 22.9 Å². The standard InChI is InChI=1S/C14H10Br2N4O/c1-20-14(9-6-8(15)7-10(16)12(9)21)18-13(19-20)11-4-2-3-5-17-11/h2-7,21H,1H3. The van der Waals surface area contributed by atoms with Crippen molar-refractivity contribution in [3.8, 4) is 28.7 Å². The van der Waals surface area contributed by atoms with Gasteiger partial charge in [0.15, 0.2) is 11.6 Å². The summed E-state index contributed by atoms with van der Waals surface area (Å²) in [6.45, 7) is 0. The molecule has 5 nitrogen and oxygen atoms in total. The number of phenolic OH excluding ortho intramolecular Hbond substituents is 1. The van der Waals surface area contributed by atoms with E-state index in [-0.39, 0.29) is 5.75 Å². The zero-order valence-electron chi connectivity index (χ0n) is 11.0. The first-order valence-electron chi connectivity index (χ1n) is 6.07. The van der Waals surface area contributed by atoms with Crippen LogP contribution in [0.1, 0.15) is 0 Å². The second kappa shape index (κ2) is 5.57. The van der Waals surface area contributed by atoms with E-state index in [9.17, 15) is 5.11 Å². The molecule has 0 amide bonds. The Balaban J connectivity index is 2.15. The van der Waals surface area contributed by atoms with Crippen LogP contribution in [0.3, 0.4) is 0 Å². The maximum absolute atomic E-state index is 10.2. The van der Waals surface area contributed by atoms with Crippen LogP contribution in [0.5, 0.6) is 5.75 Å². The average molecular weight is 410 g/mol. The quantitative estimate of drug-likeness (QED) is 0.699. The van der Waals surface area contributed by atoms with Crippen molar-refractivity contribution >= 4 is 31.9 Å². The monoisotopic (exact) mass is 408 g/mol. The van der Waals surface area contributed by atoms with Gasteiger partial charge >= 0.3 is 0 Å². The van der Waals surface area contributed by atoms with Crippen molar-refractivity contribution in [3.05, 3.63) is 45.5 Å². The summed E-state index contributed by atoms with van der Waals surface area (Å²) >= 11 is 6.73. The van der Waals surface area contributed by atoms with Gasteiger partial charge in [-0.2, -0.15) is 0 Å². The summed E-state index contributed by atoms with van der Waals surface area (Å²) in [5.41, 5.74) is 1.28. The molecule has 0 spiro atoms. The number of nitrogens with zero attached hydrogens (tertiary/aromatic N) is 4. The highest BCUT2D eigenvalue weighted by Crippen LogP contribution is 2.37. The largest absolute Gasteiger partial charge is 0.506 e. The van der Waals surface area contributed by atoms with Gasteiger partial charge in [0.05, 0.1) is 10.0 Å². The molecule has 0 aliphatic carbocycles. The molecule has 2 heterocycles. The highest BCUT2D eigenvalue weighted by molar-refractivity contribution is 9.11. The molecule has 1 N–H and O–H groups in total. The first-order valence-corrected chi connectivity index (χ1v) is 7.65. The normalized spacial score (nSPS) is 10.8. The Bertz CT molecular complexity index is 802. The van der Waals surface area contributed by atoms with Gasteiger partial charge in [0.25, 0.3) is 0 Å². The molecule has 0 aliphatic heterocycles. The molecule has 0 atom stereocenters. The van der Waals surface area contributed by atoms with Crippen LogP contribution >= 0.6 is 31.9 Å². The van der Waals surface area contributed by atoms with Crippen molar-refractivity contribution in [1.29, 1.82) is 0 Å². The SMILES string of the molecule is Cn1nc(-c2ccccn2)nc1-c1cc(Br)cc(Br)c1O. The molecular weight excluding hydrogens is 400 g/mol. The number of hydrogen-bond donors (Lipinski definition) is 1. The summed E-state index contributed by atoms with van der Waals surface area (Å²) in [6, 6.07) is 9.13. The van der Waals surface area contributed by atoms with E-state index in [1.165, 1.54) is 0 Å². The van der Waals surface area contributed by atoms with Gasteiger partial charge in [-0.15, -0.1) is 5.10 Å². The van der Waals surface area contributed by atoms with E-state index in [2.05, 4.69) is 46.9 Å². The van der Waals surface area contributed by atoms with E-state index in [4.69, 9.17) is 0 Å². The van der Waals surface area contributed by atoms with Crippen molar-refractivity contribution in [3.63, 3.8) is 0 Å². The maximum atomic E-state index is 10.2. The van der Waals surface area contributed by atoms with Crippen LogP contribution in [-0.2, 0) is 7.05 Å². The Hall–Kier alpha value is -1.73. The number of rotatable bonds is 2. The Labute approximate surface area is 137 Å². The third-order valence-corrected chi connectivity index (χ3v) is 3.99. The van der Waals surface area contributed by atoms with Crippen molar-refractivity contribution in [2.75, 3.05) is 0 Å². The molecule has 1 aromatic carbocycles. The summed E-state index contributed by atoms with van der Waals surface area (Å²) in [5.74, 6) is 1.21. The number of phenols is 1. The summed E-state index contributed by atoms with van der Waals surface area (Å²) in [4.78, 5) is 8.72. The van der Waals surface area contributed by atoms with E-state index in [0.29, 0.717) is 27.4 Å². The molecule has 0 bridgehead atoms.